The van der Waals surface area contributed by atoms with Crippen LogP contribution < -0.4 is 10.1 Å². The Kier molecular flexibility index (Phi) is 4.67. The highest BCUT2D eigenvalue weighted by atomic mass is 19.5. The lowest BCUT2D eigenvalue weighted by Gasteiger charge is -2.27. The Morgan fingerprint density at radius 3 is 2.35 bits per heavy atom. The summed E-state index contributed by atoms with van der Waals surface area (Å²) in [5.41, 5.74) is 0.945. The average molecular weight is 367 g/mol. The predicted molar refractivity (Wildman–Crippen MR) is 85.7 cm³/mol. The third kappa shape index (κ3) is 3.84. The number of amides is 2. The van der Waals surface area contributed by atoms with Crippen LogP contribution in [0.25, 0.3) is 0 Å². The van der Waals surface area contributed by atoms with Crippen LogP contribution in [0.2, 0.25) is 0 Å². The SMILES string of the molecule is F[B-](F)(F)F.O=C1NC2(CCOc3ccccc32)N=[N+]1c1ccccc1. The molecule has 0 saturated heterocycles. The van der Waals surface area contributed by atoms with Crippen LogP contribution in [-0.2, 0) is 5.66 Å². The second kappa shape index (κ2) is 6.78. The van der Waals surface area contributed by atoms with Crippen molar-refractivity contribution in [3.8, 4) is 5.75 Å². The molecular weight excluding hydrogens is 353 g/mol. The Morgan fingerprint density at radius 2 is 1.65 bits per heavy atom. The topological polar surface area (TPSA) is 53.7 Å². The summed E-state index contributed by atoms with van der Waals surface area (Å²) in [5.74, 6) is 0.780. The van der Waals surface area contributed by atoms with E-state index in [2.05, 4.69) is 10.4 Å². The van der Waals surface area contributed by atoms with Crippen molar-refractivity contribution in [1.29, 1.82) is 0 Å². The first-order chi connectivity index (χ1) is 12.3. The number of hydrogen-bond donors (Lipinski definition) is 1. The molecule has 2 heterocycles. The molecule has 1 N–H and O–H groups in total. The first-order valence-corrected chi connectivity index (χ1v) is 7.78. The first kappa shape index (κ1) is 17.9. The summed E-state index contributed by atoms with van der Waals surface area (Å²) in [6, 6.07) is 16.9. The zero-order valence-electron chi connectivity index (χ0n) is 13.4. The van der Waals surface area contributed by atoms with Gasteiger partial charge in [-0.25, -0.2) is 5.32 Å². The molecule has 0 fully saturated rings. The van der Waals surface area contributed by atoms with Crippen molar-refractivity contribution in [1.82, 2.24) is 5.32 Å². The standard InChI is InChI=1S/C16H13N3O2.BF4/c20-15-17-16(18-19(15)12-6-2-1-3-7-12)10-11-21-14-9-5-4-8-13(14)16;2-1(3,4)5/h1-9H,10-11H2;/q;-1/p+1. The van der Waals surface area contributed by atoms with E-state index < -0.39 is 12.9 Å². The van der Waals surface area contributed by atoms with E-state index >= 15 is 0 Å². The van der Waals surface area contributed by atoms with Crippen LogP contribution in [0.15, 0.2) is 59.7 Å². The molecule has 0 saturated carbocycles. The molecule has 4 rings (SSSR count). The zero-order chi connectivity index (χ0) is 18.8. The van der Waals surface area contributed by atoms with Crippen molar-refractivity contribution in [2.75, 3.05) is 6.61 Å². The molecule has 1 spiro atoms. The number of fused-ring (bicyclic) bond motifs is 2. The third-order valence-corrected chi connectivity index (χ3v) is 3.83. The normalized spacial score (nSPS) is 21.1. The number of rotatable bonds is 1. The van der Waals surface area contributed by atoms with Gasteiger partial charge >= 0.3 is 13.3 Å². The Bertz CT molecular complexity index is 839. The van der Waals surface area contributed by atoms with Crippen LogP contribution >= 0.6 is 0 Å². The van der Waals surface area contributed by atoms with E-state index in [9.17, 15) is 22.1 Å². The summed E-state index contributed by atoms with van der Waals surface area (Å²) < 4.78 is 46.1. The highest BCUT2D eigenvalue weighted by molar-refractivity contribution is 6.50. The summed E-state index contributed by atoms with van der Waals surface area (Å²) in [6.45, 7) is 0.531. The van der Waals surface area contributed by atoms with Crippen molar-refractivity contribution in [3.63, 3.8) is 0 Å². The molecule has 1 atom stereocenters. The second-order valence-electron chi connectivity index (χ2n) is 5.63. The highest BCUT2D eigenvalue weighted by Crippen LogP contribution is 2.41. The Balaban J connectivity index is 0.000000349. The predicted octanol–water partition coefficient (Wildman–Crippen LogP) is 4.44. The van der Waals surface area contributed by atoms with E-state index in [0.29, 0.717) is 13.0 Å². The molecule has 2 amide bonds. The molecule has 2 aromatic carbocycles. The number of halogens is 4. The molecule has 0 radical (unpaired) electrons. The van der Waals surface area contributed by atoms with Gasteiger partial charge < -0.3 is 22.0 Å². The number of para-hydroxylation sites is 2. The van der Waals surface area contributed by atoms with E-state index in [-0.39, 0.29) is 6.03 Å². The van der Waals surface area contributed by atoms with Crippen LogP contribution in [0.1, 0.15) is 12.0 Å². The van der Waals surface area contributed by atoms with E-state index in [1.807, 2.05) is 54.6 Å². The van der Waals surface area contributed by atoms with Crippen molar-refractivity contribution in [2.45, 2.75) is 12.1 Å². The minimum atomic E-state index is -6.00. The van der Waals surface area contributed by atoms with Crippen molar-refractivity contribution < 1.29 is 31.5 Å². The fourth-order valence-electron chi connectivity index (χ4n) is 2.83. The number of nitrogens with one attached hydrogen (secondary N) is 1. The number of carbonyl (C=O) groups is 1. The van der Waals surface area contributed by atoms with Gasteiger partial charge in [-0.05, 0) is 24.3 Å². The lowest BCUT2D eigenvalue weighted by Crippen LogP contribution is -2.43. The number of ether oxygens (including phenoxy) is 1. The van der Waals surface area contributed by atoms with Crippen molar-refractivity contribution >= 4 is 19.0 Å². The maximum absolute atomic E-state index is 12.3. The molecule has 2 aliphatic rings. The van der Waals surface area contributed by atoms with Crippen LogP contribution in [-0.4, -0.2) is 24.6 Å². The largest absolute Gasteiger partial charge is 0.673 e. The minimum Gasteiger partial charge on any atom is -0.493 e. The third-order valence-electron chi connectivity index (χ3n) is 3.83. The molecule has 2 aliphatic heterocycles. The molecule has 136 valence electrons. The van der Waals surface area contributed by atoms with E-state index in [1.165, 1.54) is 4.70 Å². The molecular formula is C16H14BF4N3O2. The maximum Gasteiger partial charge on any atom is 0.673 e. The molecule has 0 aromatic heterocycles. The van der Waals surface area contributed by atoms with Crippen LogP contribution in [0.3, 0.4) is 0 Å². The summed E-state index contributed by atoms with van der Waals surface area (Å²) >= 11 is 0. The van der Waals surface area contributed by atoms with Gasteiger partial charge in [-0.2, -0.15) is 4.79 Å². The summed E-state index contributed by atoms with van der Waals surface area (Å²) in [7, 11) is -6.00. The summed E-state index contributed by atoms with van der Waals surface area (Å²) in [5, 5.41) is 7.68. The van der Waals surface area contributed by atoms with Gasteiger partial charge in [0.05, 0.1) is 18.6 Å². The summed E-state index contributed by atoms with van der Waals surface area (Å²) in [4.78, 5) is 12.3. The van der Waals surface area contributed by atoms with E-state index in [0.717, 1.165) is 17.0 Å². The number of azo groups is 2. The molecule has 10 heteroatoms. The lowest BCUT2D eigenvalue weighted by molar-refractivity contribution is -0.404. The average Bonchev–Trinajstić information content (AvgIpc) is 2.92. The van der Waals surface area contributed by atoms with Gasteiger partial charge in [-0.15, -0.1) is 0 Å². The maximum atomic E-state index is 12.3. The molecule has 1 unspecified atom stereocenters. The lowest BCUT2D eigenvalue weighted by atomic mass is 9.94. The Hall–Kier alpha value is -2.91. The van der Waals surface area contributed by atoms with Crippen LogP contribution in [0.5, 0.6) is 5.75 Å². The van der Waals surface area contributed by atoms with E-state index in [4.69, 9.17) is 4.74 Å². The van der Waals surface area contributed by atoms with Crippen molar-refractivity contribution in [3.05, 3.63) is 60.2 Å². The number of urea groups is 1. The zero-order valence-corrected chi connectivity index (χ0v) is 13.4. The number of nitrogens with zero attached hydrogens (tertiary/aromatic N) is 2. The van der Waals surface area contributed by atoms with Crippen molar-refractivity contribution in [2.24, 2.45) is 5.11 Å². The smallest absolute Gasteiger partial charge is 0.493 e. The fourth-order valence-corrected chi connectivity index (χ4v) is 2.83. The minimum absolute atomic E-state index is 0.210. The molecule has 2 aromatic rings. The Labute approximate surface area is 146 Å². The molecule has 0 bridgehead atoms. The molecule has 0 aliphatic carbocycles. The first-order valence-electron chi connectivity index (χ1n) is 7.78. The number of hydrogen-bond acceptors (Lipinski definition) is 3. The fraction of sp³-hybridized carbons (Fsp3) is 0.188. The van der Waals surface area contributed by atoms with Crippen LogP contribution in [0.4, 0.5) is 27.7 Å². The molecule has 26 heavy (non-hydrogen) atoms. The van der Waals surface area contributed by atoms with Gasteiger partial charge in [0.15, 0.2) is 5.69 Å². The van der Waals surface area contributed by atoms with Gasteiger partial charge in [0.1, 0.15) is 5.75 Å². The van der Waals surface area contributed by atoms with Crippen LogP contribution in [0, 0.1) is 0 Å². The van der Waals surface area contributed by atoms with Gasteiger partial charge in [0, 0.05) is 0 Å². The number of carbonyl (C=O) groups excluding carboxylic acids is 1. The van der Waals surface area contributed by atoms with Gasteiger partial charge in [-0.3, -0.25) is 0 Å². The Morgan fingerprint density at radius 1 is 1.04 bits per heavy atom. The highest BCUT2D eigenvalue weighted by Gasteiger charge is 2.52. The monoisotopic (exact) mass is 367 g/mol. The second-order valence-corrected chi connectivity index (χ2v) is 5.63. The number of benzene rings is 2. The summed E-state index contributed by atoms with van der Waals surface area (Å²) in [6.07, 6.45) is 0.624. The van der Waals surface area contributed by atoms with Gasteiger partial charge in [0.2, 0.25) is 0 Å². The van der Waals surface area contributed by atoms with Gasteiger partial charge in [-0.1, -0.05) is 40.1 Å². The van der Waals surface area contributed by atoms with E-state index in [1.54, 1.807) is 0 Å². The van der Waals surface area contributed by atoms with Gasteiger partial charge in [0.25, 0.3) is 5.66 Å². The molecule has 5 nitrogen and oxygen atoms in total. The quantitative estimate of drug-likeness (QED) is 0.460.